The quantitative estimate of drug-likeness (QED) is 0.816. The summed E-state index contributed by atoms with van der Waals surface area (Å²) in [5.74, 6) is 0.938. The van der Waals surface area contributed by atoms with Crippen LogP contribution in [0.3, 0.4) is 0 Å². The van der Waals surface area contributed by atoms with Crippen molar-refractivity contribution in [3.05, 3.63) is 58.3 Å². The standard InChI is InChI=1S/C17H19NOS/c1-2-18(12-14-9-6-10-20-14)17(19)16-11-15(16)13-7-4-3-5-8-13/h3-10,15-16H,2,11-12H2,1H3. The number of rotatable bonds is 5. The molecule has 0 N–H and O–H groups in total. The molecule has 1 saturated carbocycles. The van der Waals surface area contributed by atoms with Gasteiger partial charge in [-0.2, -0.15) is 0 Å². The number of nitrogens with zero attached hydrogens (tertiary/aromatic N) is 1. The first kappa shape index (κ1) is 13.4. The Labute approximate surface area is 124 Å². The molecule has 2 aromatic rings. The van der Waals surface area contributed by atoms with E-state index in [0.717, 1.165) is 19.5 Å². The van der Waals surface area contributed by atoms with Gasteiger partial charge in [0.2, 0.25) is 5.91 Å². The Bertz CT molecular complexity index is 564. The molecule has 20 heavy (non-hydrogen) atoms. The smallest absolute Gasteiger partial charge is 0.226 e. The van der Waals surface area contributed by atoms with Crippen LogP contribution >= 0.6 is 11.3 Å². The summed E-state index contributed by atoms with van der Waals surface area (Å²) in [5, 5.41) is 2.07. The molecule has 1 amide bonds. The van der Waals surface area contributed by atoms with Gasteiger partial charge in [0, 0.05) is 17.3 Å². The SMILES string of the molecule is CCN(Cc1cccs1)C(=O)C1CC1c1ccccc1. The Kier molecular flexibility index (Phi) is 3.88. The van der Waals surface area contributed by atoms with E-state index in [1.807, 2.05) is 17.0 Å². The Balaban J connectivity index is 1.64. The van der Waals surface area contributed by atoms with Gasteiger partial charge in [0.25, 0.3) is 0 Å². The van der Waals surface area contributed by atoms with E-state index < -0.39 is 0 Å². The van der Waals surface area contributed by atoms with E-state index in [9.17, 15) is 4.79 Å². The number of benzene rings is 1. The molecular formula is C17H19NOS. The number of carbonyl (C=O) groups is 1. The van der Waals surface area contributed by atoms with Crippen LogP contribution in [0.2, 0.25) is 0 Å². The summed E-state index contributed by atoms with van der Waals surface area (Å²) in [6, 6.07) is 14.5. The van der Waals surface area contributed by atoms with Gasteiger partial charge in [0.15, 0.2) is 0 Å². The van der Waals surface area contributed by atoms with Crippen LogP contribution in [0, 0.1) is 5.92 Å². The van der Waals surface area contributed by atoms with Crippen molar-refractivity contribution in [1.29, 1.82) is 0 Å². The van der Waals surface area contributed by atoms with Crippen LogP contribution < -0.4 is 0 Å². The van der Waals surface area contributed by atoms with Crippen LogP contribution in [0.1, 0.15) is 29.7 Å². The first-order valence-electron chi connectivity index (χ1n) is 7.15. The van der Waals surface area contributed by atoms with Gasteiger partial charge in [0.1, 0.15) is 0 Å². The third-order valence-electron chi connectivity index (χ3n) is 3.96. The zero-order chi connectivity index (χ0) is 13.9. The molecule has 3 rings (SSSR count). The summed E-state index contributed by atoms with van der Waals surface area (Å²) in [6.45, 7) is 3.60. The van der Waals surface area contributed by atoms with E-state index in [-0.39, 0.29) is 5.92 Å². The maximum absolute atomic E-state index is 12.6. The van der Waals surface area contributed by atoms with Crippen molar-refractivity contribution in [2.24, 2.45) is 5.92 Å². The third-order valence-corrected chi connectivity index (χ3v) is 4.82. The first-order chi connectivity index (χ1) is 9.79. The second-order valence-corrected chi connectivity index (χ2v) is 6.32. The second-order valence-electron chi connectivity index (χ2n) is 5.29. The fourth-order valence-corrected chi connectivity index (χ4v) is 3.43. The summed E-state index contributed by atoms with van der Waals surface area (Å²) in [5.41, 5.74) is 1.30. The molecule has 2 atom stereocenters. The Hall–Kier alpha value is -1.61. The van der Waals surface area contributed by atoms with E-state index >= 15 is 0 Å². The van der Waals surface area contributed by atoms with Gasteiger partial charge >= 0.3 is 0 Å². The van der Waals surface area contributed by atoms with Crippen molar-refractivity contribution >= 4 is 17.2 Å². The minimum absolute atomic E-state index is 0.192. The van der Waals surface area contributed by atoms with Crippen LogP contribution in [-0.2, 0) is 11.3 Å². The van der Waals surface area contributed by atoms with Crippen LogP contribution in [0.5, 0.6) is 0 Å². The van der Waals surface area contributed by atoms with Gasteiger partial charge in [-0.15, -0.1) is 11.3 Å². The fraction of sp³-hybridized carbons (Fsp3) is 0.353. The molecule has 3 heteroatoms. The summed E-state index contributed by atoms with van der Waals surface area (Å²) in [7, 11) is 0. The molecule has 1 heterocycles. The predicted molar refractivity (Wildman–Crippen MR) is 82.7 cm³/mol. The maximum atomic E-state index is 12.6. The van der Waals surface area contributed by atoms with Crippen LogP contribution in [0.25, 0.3) is 0 Å². The molecule has 1 aromatic carbocycles. The lowest BCUT2D eigenvalue weighted by atomic mass is 10.1. The normalized spacial score (nSPS) is 20.6. The number of amides is 1. The molecule has 0 bridgehead atoms. The molecule has 0 saturated heterocycles. The number of hydrogen-bond acceptors (Lipinski definition) is 2. The molecule has 2 nitrogen and oxygen atoms in total. The first-order valence-corrected chi connectivity index (χ1v) is 8.03. The molecular weight excluding hydrogens is 266 g/mol. The molecule has 1 aromatic heterocycles. The van der Waals surface area contributed by atoms with E-state index in [4.69, 9.17) is 0 Å². The van der Waals surface area contributed by atoms with E-state index in [1.165, 1.54) is 10.4 Å². The van der Waals surface area contributed by atoms with Crippen molar-refractivity contribution in [2.75, 3.05) is 6.54 Å². The zero-order valence-electron chi connectivity index (χ0n) is 11.7. The molecule has 104 valence electrons. The molecule has 1 fully saturated rings. The summed E-state index contributed by atoms with van der Waals surface area (Å²) < 4.78 is 0. The predicted octanol–water partition coefficient (Wildman–Crippen LogP) is 3.90. The van der Waals surface area contributed by atoms with Crippen molar-refractivity contribution in [3.8, 4) is 0 Å². The molecule has 1 aliphatic rings. The average molecular weight is 285 g/mol. The minimum Gasteiger partial charge on any atom is -0.338 e. The number of hydrogen-bond donors (Lipinski definition) is 0. The molecule has 2 unspecified atom stereocenters. The fourth-order valence-electron chi connectivity index (χ4n) is 2.71. The summed E-state index contributed by atoms with van der Waals surface area (Å²) in [6.07, 6.45) is 1.00. The lowest BCUT2D eigenvalue weighted by molar-refractivity contribution is -0.133. The maximum Gasteiger partial charge on any atom is 0.226 e. The van der Waals surface area contributed by atoms with E-state index in [0.29, 0.717) is 11.8 Å². The average Bonchev–Trinajstić information content (AvgIpc) is 3.13. The highest BCUT2D eigenvalue weighted by molar-refractivity contribution is 7.09. The highest BCUT2D eigenvalue weighted by atomic mass is 32.1. The van der Waals surface area contributed by atoms with E-state index in [2.05, 4.69) is 42.6 Å². The van der Waals surface area contributed by atoms with Crippen LogP contribution in [0.15, 0.2) is 47.8 Å². The Morgan fingerprint density at radius 1 is 1.25 bits per heavy atom. The molecule has 0 radical (unpaired) electrons. The minimum atomic E-state index is 0.192. The number of thiophene rings is 1. The monoisotopic (exact) mass is 285 g/mol. The van der Waals surface area contributed by atoms with Gasteiger partial charge in [-0.25, -0.2) is 0 Å². The highest BCUT2D eigenvalue weighted by Gasteiger charge is 2.45. The zero-order valence-corrected chi connectivity index (χ0v) is 12.5. The van der Waals surface area contributed by atoms with Crippen LogP contribution in [-0.4, -0.2) is 17.4 Å². The van der Waals surface area contributed by atoms with Gasteiger partial charge < -0.3 is 4.90 Å². The van der Waals surface area contributed by atoms with Crippen LogP contribution in [0.4, 0.5) is 0 Å². The Morgan fingerprint density at radius 3 is 2.70 bits per heavy atom. The topological polar surface area (TPSA) is 20.3 Å². The molecule has 0 spiro atoms. The van der Waals surface area contributed by atoms with Crippen molar-refractivity contribution in [2.45, 2.75) is 25.8 Å². The van der Waals surface area contributed by atoms with Gasteiger partial charge in [0.05, 0.1) is 6.54 Å². The Morgan fingerprint density at radius 2 is 2.05 bits per heavy atom. The summed E-state index contributed by atoms with van der Waals surface area (Å²) >= 11 is 1.72. The van der Waals surface area contributed by atoms with Crippen molar-refractivity contribution in [3.63, 3.8) is 0 Å². The van der Waals surface area contributed by atoms with Crippen molar-refractivity contribution < 1.29 is 4.79 Å². The summed E-state index contributed by atoms with van der Waals surface area (Å²) in [4.78, 5) is 15.8. The molecule has 0 aliphatic heterocycles. The number of carbonyl (C=O) groups excluding carboxylic acids is 1. The lowest BCUT2D eigenvalue weighted by Crippen LogP contribution is -2.31. The van der Waals surface area contributed by atoms with Crippen molar-refractivity contribution in [1.82, 2.24) is 4.90 Å². The van der Waals surface area contributed by atoms with Gasteiger partial charge in [-0.1, -0.05) is 36.4 Å². The van der Waals surface area contributed by atoms with E-state index in [1.54, 1.807) is 11.3 Å². The van der Waals surface area contributed by atoms with Gasteiger partial charge in [-0.05, 0) is 36.3 Å². The largest absolute Gasteiger partial charge is 0.338 e. The second kappa shape index (κ2) is 5.80. The highest BCUT2D eigenvalue weighted by Crippen LogP contribution is 2.48. The molecule has 1 aliphatic carbocycles. The third kappa shape index (κ3) is 2.78. The van der Waals surface area contributed by atoms with Gasteiger partial charge in [-0.3, -0.25) is 4.79 Å². The lowest BCUT2D eigenvalue weighted by Gasteiger charge is -2.20.